The molecule has 1 atom stereocenters. The quantitative estimate of drug-likeness (QED) is 0.318. The molecule has 234 valence electrons. The number of urea groups is 1. The lowest BCUT2D eigenvalue weighted by Gasteiger charge is -2.35. The molecule has 44 heavy (non-hydrogen) atoms. The van der Waals surface area contributed by atoms with Crippen molar-refractivity contribution in [2.24, 2.45) is 5.92 Å². The number of pyridine rings is 1. The Morgan fingerprint density at radius 1 is 0.977 bits per heavy atom. The highest BCUT2D eigenvalue weighted by atomic mass is 32.2. The summed E-state index contributed by atoms with van der Waals surface area (Å²) in [6, 6.07) is 11.3. The molecule has 6 aliphatic rings. The summed E-state index contributed by atoms with van der Waals surface area (Å²) < 4.78 is 34.6. The Morgan fingerprint density at radius 3 is 2.59 bits per heavy atom. The number of methoxy groups -OCH3 is 1. The summed E-state index contributed by atoms with van der Waals surface area (Å²) >= 11 is 0.527. The van der Waals surface area contributed by atoms with Gasteiger partial charge >= 0.3 is 6.03 Å². The number of anilines is 2. The Hall–Kier alpha value is -3.93. The van der Waals surface area contributed by atoms with Crippen LogP contribution >= 0.6 is 11.8 Å². The molecule has 2 saturated heterocycles. The standard InChI is InChI=1S/C32H38F2N6O3S/c1-43-28-19-22-6-7-26(28)35-12-2-4-23-18-27-25(5-3-14-40(27)30(23)44-31(33)34)37-24-10-16-38(17-11-24)32(42)39-15-9-21(20-39)8-13-36-29(22)41/h2-7,14,18-19,21,24,31,35,37H,8-13,15-17,20H2,1H3,(H,36,41)/b4-2-/t21-/m0/s1. The molecule has 2 fully saturated rings. The topological polar surface area (TPSA) is 90.3 Å². The first-order valence-electron chi connectivity index (χ1n) is 15.2. The van der Waals surface area contributed by atoms with Crippen LogP contribution in [0.2, 0.25) is 0 Å². The number of ether oxygens (including phenoxy) is 1. The predicted octanol–water partition coefficient (Wildman–Crippen LogP) is 5.84. The van der Waals surface area contributed by atoms with E-state index < -0.39 is 5.76 Å². The van der Waals surface area contributed by atoms with Crippen LogP contribution in [0.4, 0.5) is 25.0 Å². The minimum Gasteiger partial charge on any atom is -0.495 e. The van der Waals surface area contributed by atoms with Gasteiger partial charge < -0.3 is 34.9 Å². The zero-order valence-corrected chi connectivity index (χ0v) is 25.5. The van der Waals surface area contributed by atoms with E-state index in [1.165, 1.54) is 0 Å². The van der Waals surface area contributed by atoms with Crippen LogP contribution in [-0.4, -0.2) is 84.3 Å². The van der Waals surface area contributed by atoms with Gasteiger partial charge in [0.15, 0.2) is 0 Å². The Bertz CT molecular complexity index is 1540. The molecule has 0 radical (unpaired) electrons. The van der Waals surface area contributed by atoms with Crippen molar-refractivity contribution in [3.63, 3.8) is 0 Å². The van der Waals surface area contributed by atoms with E-state index in [2.05, 4.69) is 16.0 Å². The monoisotopic (exact) mass is 624 g/mol. The molecule has 3 amide bonds. The van der Waals surface area contributed by atoms with Crippen LogP contribution in [0, 0.1) is 5.92 Å². The van der Waals surface area contributed by atoms with Gasteiger partial charge in [0.2, 0.25) is 0 Å². The van der Waals surface area contributed by atoms with Crippen molar-refractivity contribution in [1.29, 1.82) is 0 Å². The van der Waals surface area contributed by atoms with Gasteiger partial charge in [-0.15, -0.1) is 0 Å². The van der Waals surface area contributed by atoms with Gasteiger partial charge in [-0.05, 0) is 79.8 Å². The molecule has 0 saturated carbocycles. The maximum absolute atomic E-state index is 13.6. The first-order chi connectivity index (χ1) is 21.4. The van der Waals surface area contributed by atoms with E-state index in [0.29, 0.717) is 72.3 Å². The third kappa shape index (κ3) is 6.59. The Kier molecular flexibility index (Phi) is 9.15. The number of carbonyl (C=O) groups is 2. The van der Waals surface area contributed by atoms with Gasteiger partial charge in [0, 0.05) is 62.6 Å². The van der Waals surface area contributed by atoms with Crippen LogP contribution in [-0.2, 0) is 0 Å². The summed E-state index contributed by atoms with van der Waals surface area (Å²) in [6.45, 7) is 3.71. The van der Waals surface area contributed by atoms with Gasteiger partial charge in [0.05, 0.1) is 29.0 Å². The molecular weight excluding hydrogens is 586 g/mol. The van der Waals surface area contributed by atoms with E-state index >= 15 is 0 Å². The largest absolute Gasteiger partial charge is 0.495 e. The van der Waals surface area contributed by atoms with Crippen molar-refractivity contribution in [3.8, 4) is 5.75 Å². The average Bonchev–Trinajstić information content (AvgIpc) is 3.64. The van der Waals surface area contributed by atoms with Crippen LogP contribution in [0.15, 0.2) is 53.7 Å². The van der Waals surface area contributed by atoms with Crippen LogP contribution in [0.1, 0.15) is 41.6 Å². The number of amides is 3. The van der Waals surface area contributed by atoms with Crippen LogP contribution < -0.4 is 20.7 Å². The average molecular weight is 625 g/mol. The fourth-order valence-corrected chi connectivity index (χ4v) is 7.05. The molecule has 8 heterocycles. The minimum absolute atomic E-state index is 0.0834. The lowest BCUT2D eigenvalue weighted by molar-refractivity contribution is 0.0950. The molecule has 9 nitrogen and oxygen atoms in total. The number of thioether (sulfide) groups is 1. The van der Waals surface area contributed by atoms with Gasteiger partial charge in [-0.1, -0.05) is 12.2 Å². The lowest BCUT2D eigenvalue weighted by Crippen LogP contribution is -2.48. The number of carbonyl (C=O) groups excluding carboxylic acids is 2. The molecule has 12 heteroatoms. The van der Waals surface area contributed by atoms with E-state index in [9.17, 15) is 18.4 Å². The number of nitrogens with zero attached hydrogens (tertiary/aromatic N) is 3. The van der Waals surface area contributed by atoms with Crippen LogP contribution in [0.25, 0.3) is 11.6 Å². The summed E-state index contributed by atoms with van der Waals surface area (Å²) in [5.74, 6) is -1.86. The number of benzene rings is 1. The minimum atomic E-state index is -2.57. The number of hydrogen-bond acceptors (Lipinski definition) is 6. The number of aromatic nitrogens is 1. The van der Waals surface area contributed by atoms with Gasteiger partial charge in [-0.2, -0.15) is 8.78 Å². The number of piperidine rings is 1. The van der Waals surface area contributed by atoms with Crippen LogP contribution in [0.5, 0.6) is 5.75 Å². The van der Waals surface area contributed by atoms with Crippen molar-refractivity contribution in [3.05, 3.63) is 59.8 Å². The number of rotatable bonds is 3. The van der Waals surface area contributed by atoms with Gasteiger partial charge in [-0.25, -0.2) is 4.79 Å². The molecular formula is C32H38F2N6O3S. The molecule has 3 aromatic rings. The van der Waals surface area contributed by atoms with Crippen molar-refractivity contribution >= 4 is 46.7 Å². The molecule has 9 rings (SSSR count). The first kappa shape index (κ1) is 30.1. The van der Waals surface area contributed by atoms with E-state index in [4.69, 9.17) is 4.74 Å². The Morgan fingerprint density at radius 2 is 1.80 bits per heavy atom. The first-order valence-corrected chi connectivity index (χ1v) is 16.0. The molecule has 0 unspecified atom stereocenters. The highest BCUT2D eigenvalue weighted by Crippen LogP contribution is 2.35. The predicted molar refractivity (Wildman–Crippen MR) is 170 cm³/mol. The molecule has 0 aliphatic carbocycles. The molecule has 2 aromatic heterocycles. The molecule has 6 aliphatic heterocycles. The highest BCUT2D eigenvalue weighted by molar-refractivity contribution is 7.99. The van der Waals surface area contributed by atoms with Gasteiger partial charge in [0.1, 0.15) is 5.75 Å². The van der Waals surface area contributed by atoms with Crippen molar-refractivity contribution in [1.82, 2.24) is 19.5 Å². The van der Waals surface area contributed by atoms with Gasteiger partial charge in [-0.3, -0.25) is 4.79 Å². The van der Waals surface area contributed by atoms with Gasteiger partial charge in [0.25, 0.3) is 11.7 Å². The highest BCUT2D eigenvalue weighted by Gasteiger charge is 2.31. The third-order valence-electron chi connectivity index (χ3n) is 8.68. The summed E-state index contributed by atoms with van der Waals surface area (Å²) in [5, 5.41) is 10.4. The van der Waals surface area contributed by atoms with Crippen molar-refractivity contribution < 1.29 is 23.1 Å². The number of hydrogen-bond donors (Lipinski definition) is 3. The van der Waals surface area contributed by atoms with E-state index in [-0.39, 0.29) is 18.0 Å². The van der Waals surface area contributed by atoms with E-state index in [1.54, 1.807) is 25.3 Å². The normalized spacial score (nSPS) is 22.1. The second kappa shape index (κ2) is 13.4. The summed E-state index contributed by atoms with van der Waals surface area (Å²) in [6.07, 6.45) is 8.89. The Balaban J connectivity index is 1.28. The molecule has 0 spiro atoms. The maximum atomic E-state index is 13.6. The summed E-state index contributed by atoms with van der Waals surface area (Å²) in [5.41, 5.74) is 3.62. The number of alkyl halides is 2. The van der Waals surface area contributed by atoms with Crippen LogP contribution in [0.3, 0.4) is 0 Å². The zero-order chi connectivity index (χ0) is 30.6. The lowest BCUT2D eigenvalue weighted by atomic mass is 10.0. The molecule has 8 bridgehead atoms. The van der Waals surface area contributed by atoms with E-state index in [0.717, 1.165) is 49.1 Å². The summed E-state index contributed by atoms with van der Waals surface area (Å²) in [7, 11) is 1.55. The second-order valence-corrected chi connectivity index (χ2v) is 12.5. The number of halogens is 2. The van der Waals surface area contributed by atoms with Crippen molar-refractivity contribution in [2.75, 3.05) is 57.0 Å². The summed E-state index contributed by atoms with van der Waals surface area (Å²) in [4.78, 5) is 30.1. The molecule has 1 aromatic carbocycles. The third-order valence-corrected chi connectivity index (χ3v) is 9.52. The SMILES string of the molecule is COc1cc2ccc1NC/C=C\c1cc3c(cccn3c1SC(F)F)NC1CCN(CC1)C(=O)N1CC[C@H](CCNC2=O)C1. The smallest absolute Gasteiger partial charge is 0.320 e. The van der Waals surface area contributed by atoms with E-state index in [1.807, 2.05) is 50.7 Å². The van der Waals surface area contributed by atoms with Crippen molar-refractivity contribution in [2.45, 2.75) is 42.5 Å². The fraction of sp³-hybridized carbons (Fsp3) is 0.438. The Labute approximate surface area is 260 Å². The fourth-order valence-electron chi connectivity index (χ4n) is 6.35. The number of nitrogens with one attached hydrogen (secondary N) is 3. The second-order valence-electron chi connectivity index (χ2n) is 11.5. The zero-order valence-electron chi connectivity index (χ0n) is 24.7. The molecule has 3 N–H and O–H groups in total. The maximum Gasteiger partial charge on any atom is 0.320 e.